The fraction of sp³-hybridized carbons (Fsp3) is 0.444. The smallest absolute Gasteiger partial charge is 0.137 e. The molecular weight excluding hydrogens is 300 g/mol. The van der Waals surface area contributed by atoms with E-state index in [1.54, 1.807) is 12.7 Å². The maximum atomic E-state index is 4.84. The van der Waals surface area contributed by atoms with Crippen molar-refractivity contribution in [2.75, 3.05) is 13.1 Å². The van der Waals surface area contributed by atoms with Gasteiger partial charge in [0, 0.05) is 19.6 Å². The maximum Gasteiger partial charge on any atom is 0.137 e. The molecule has 1 fully saturated rings. The Labute approximate surface area is 141 Å². The van der Waals surface area contributed by atoms with Gasteiger partial charge in [-0.25, -0.2) is 15.0 Å². The number of fused-ring (bicyclic) bond motifs is 1. The first-order valence-corrected chi connectivity index (χ1v) is 8.55. The highest BCUT2D eigenvalue weighted by Crippen LogP contribution is 2.21. The van der Waals surface area contributed by atoms with Crippen molar-refractivity contribution < 1.29 is 0 Å². The minimum Gasteiger partial charge on any atom is -0.297 e. The van der Waals surface area contributed by atoms with Crippen molar-refractivity contribution in [1.29, 1.82) is 0 Å². The van der Waals surface area contributed by atoms with E-state index in [0.717, 1.165) is 48.6 Å². The Morgan fingerprint density at radius 1 is 1.17 bits per heavy atom. The van der Waals surface area contributed by atoms with Crippen molar-refractivity contribution in [1.82, 2.24) is 29.6 Å². The van der Waals surface area contributed by atoms with Crippen LogP contribution in [0.4, 0.5) is 0 Å². The van der Waals surface area contributed by atoms with Crippen molar-refractivity contribution in [2.45, 2.75) is 32.9 Å². The molecule has 0 N–H and O–H groups in total. The number of hydrogen-bond acceptors (Lipinski definition) is 5. The monoisotopic (exact) mass is 322 g/mol. The molecule has 2 aromatic heterocycles. The summed E-state index contributed by atoms with van der Waals surface area (Å²) in [6, 6.07) is 8.09. The van der Waals surface area contributed by atoms with E-state index in [1.807, 2.05) is 28.9 Å². The second kappa shape index (κ2) is 6.65. The standard InChI is InChI=1S/C18H22N6/c1-14-18(22-17-7-3-2-6-16(17)21-14)11-23-8-4-5-15(9-23)10-24-13-19-12-20-24/h2-3,6-7,12-13,15H,4-5,8-11H2,1H3. The SMILES string of the molecule is Cc1nc2ccccc2nc1CN1CCCC(Cn2cncn2)C1. The molecule has 1 atom stereocenters. The summed E-state index contributed by atoms with van der Waals surface area (Å²) >= 11 is 0. The van der Waals surface area contributed by atoms with Crippen molar-refractivity contribution in [3.8, 4) is 0 Å². The summed E-state index contributed by atoms with van der Waals surface area (Å²) in [5.74, 6) is 0.620. The van der Waals surface area contributed by atoms with Gasteiger partial charge >= 0.3 is 0 Å². The van der Waals surface area contributed by atoms with Crippen LogP contribution < -0.4 is 0 Å². The molecule has 6 nitrogen and oxygen atoms in total. The lowest BCUT2D eigenvalue weighted by Crippen LogP contribution is -2.37. The second-order valence-corrected chi connectivity index (χ2v) is 6.61. The van der Waals surface area contributed by atoms with Gasteiger partial charge in [-0.05, 0) is 44.4 Å². The predicted molar refractivity (Wildman–Crippen MR) is 92.3 cm³/mol. The Bertz CT molecular complexity index is 813. The molecule has 3 heterocycles. The van der Waals surface area contributed by atoms with Gasteiger partial charge in [0.05, 0.1) is 22.4 Å². The summed E-state index contributed by atoms with van der Waals surface area (Å²) in [6.45, 7) is 6.08. The maximum absolute atomic E-state index is 4.84. The summed E-state index contributed by atoms with van der Waals surface area (Å²) in [5.41, 5.74) is 4.08. The zero-order valence-electron chi connectivity index (χ0n) is 14.0. The van der Waals surface area contributed by atoms with Crippen LogP contribution in [0.1, 0.15) is 24.2 Å². The molecule has 1 saturated heterocycles. The van der Waals surface area contributed by atoms with Gasteiger partial charge in [-0.15, -0.1) is 0 Å². The second-order valence-electron chi connectivity index (χ2n) is 6.61. The van der Waals surface area contributed by atoms with E-state index in [-0.39, 0.29) is 0 Å². The van der Waals surface area contributed by atoms with E-state index in [0.29, 0.717) is 5.92 Å². The van der Waals surface area contributed by atoms with Crippen LogP contribution in [0.25, 0.3) is 11.0 Å². The van der Waals surface area contributed by atoms with Crippen molar-refractivity contribution in [3.63, 3.8) is 0 Å². The van der Waals surface area contributed by atoms with Gasteiger partial charge in [0.1, 0.15) is 12.7 Å². The normalized spacial score (nSPS) is 19.0. The van der Waals surface area contributed by atoms with Crippen LogP contribution in [0.3, 0.4) is 0 Å². The largest absolute Gasteiger partial charge is 0.297 e. The molecule has 0 amide bonds. The van der Waals surface area contributed by atoms with Gasteiger partial charge in [-0.1, -0.05) is 12.1 Å². The molecule has 0 saturated carbocycles. The van der Waals surface area contributed by atoms with Crippen LogP contribution in [-0.4, -0.2) is 42.7 Å². The Morgan fingerprint density at radius 2 is 2.00 bits per heavy atom. The zero-order chi connectivity index (χ0) is 16.4. The topological polar surface area (TPSA) is 59.7 Å². The molecule has 3 aromatic rings. The highest BCUT2D eigenvalue weighted by Gasteiger charge is 2.21. The number of hydrogen-bond donors (Lipinski definition) is 0. The molecule has 24 heavy (non-hydrogen) atoms. The summed E-state index contributed by atoms with van der Waals surface area (Å²) in [7, 11) is 0. The lowest BCUT2D eigenvalue weighted by molar-refractivity contribution is 0.151. The molecule has 4 rings (SSSR count). The Kier molecular flexibility index (Phi) is 4.21. The van der Waals surface area contributed by atoms with Gasteiger partial charge in [0.2, 0.25) is 0 Å². The van der Waals surface area contributed by atoms with Gasteiger partial charge in [-0.3, -0.25) is 9.58 Å². The van der Waals surface area contributed by atoms with E-state index < -0.39 is 0 Å². The van der Waals surface area contributed by atoms with E-state index in [1.165, 1.54) is 12.8 Å². The summed E-state index contributed by atoms with van der Waals surface area (Å²) < 4.78 is 1.94. The number of nitrogens with zero attached hydrogens (tertiary/aromatic N) is 6. The van der Waals surface area contributed by atoms with Gasteiger partial charge in [-0.2, -0.15) is 5.10 Å². The Morgan fingerprint density at radius 3 is 2.79 bits per heavy atom. The molecule has 124 valence electrons. The van der Waals surface area contributed by atoms with Crippen molar-refractivity contribution in [3.05, 3.63) is 48.3 Å². The molecule has 1 unspecified atom stereocenters. The Balaban J connectivity index is 1.47. The van der Waals surface area contributed by atoms with E-state index in [2.05, 4.69) is 21.9 Å². The van der Waals surface area contributed by atoms with Crippen LogP contribution in [0.15, 0.2) is 36.9 Å². The van der Waals surface area contributed by atoms with Crippen LogP contribution in [0.5, 0.6) is 0 Å². The fourth-order valence-electron chi connectivity index (χ4n) is 3.52. The predicted octanol–water partition coefficient (Wildman–Crippen LogP) is 2.44. The third-order valence-electron chi connectivity index (χ3n) is 4.73. The van der Waals surface area contributed by atoms with Crippen LogP contribution >= 0.6 is 0 Å². The summed E-state index contributed by atoms with van der Waals surface area (Å²) in [5, 5.41) is 4.23. The average Bonchev–Trinajstić information content (AvgIpc) is 3.09. The molecule has 1 aliphatic rings. The number of rotatable bonds is 4. The number of aromatic nitrogens is 5. The number of likely N-dealkylation sites (tertiary alicyclic amines) is 1. The highest BCUT2D eigenvalue weighted by molar-refractivity contribution is 5.74. The van der Waals surface area contributed by atoms with Crippen LogP contribution in [0, 0.1) is 12.8 Å². The third kappa shape index (κ3) is 3.28. The fourth-order valence-corrected chi connectivity index (χ4v) is 3.52. The lowest BCUT2D eigenvalue weighted by atomic mass is 9.98. The third-order valence-corrected chi connectivity index (χ3v) is 4.73. The molecule has 0 aliphatic carbocycles. The van der Waals surface area contributed by atoms with Crippen LogP contribution in [-0.2, 0) is 13.1 Å². The Hall–Kier alpha value is -2.34. The minimum absolute atomic E-state index is 0.620. The first kappa shape index (κ1) is 15.2. The zero-order valence-corrected chi connectivity index (χ0v) is 14.0. The van der Waals surface area contributed by atoms with E-state index in [4.69, 9.17) is 9.97 Å². The van der Waals surface area contributed by atoms with Crippen LogP contribution in [0.2, 0.25) is 0 Å². The molecule has 0 bridgehead atoms. The first-order chi connectivity index (χ1) is 11.8. The van der Waals surface area contributed by atoms with Gasteiger partial charge in [0.15, 0.2) is 0 Å². The molecule has 1 aromatic carbocycles. The number of para-hydroxylation sites is 2. The lowest BCUT2D eigenvalue weighted by Gasteiger charge is -2.32. The molecule has 1 aliphatic heterocycles. The summed E-state index contributed by atoms with van der Waals surface area (Å²) in [6.07, 6.45) is 5.88. The van der Waals surface area contributed by atoms with Crippen molar-refractivity contribution >= 4 is 11.0 Å². The van der Waals surface area contributed by atoms with E-state index in [9.17, 15) is 0 Å². The van der Waals surface area contributed by atoms with Crippen molar-refractivity contribution in [2.24, 2.45) is 5.92 Å². The molecular formula is C18H22N6. The highest BCUT2D eigenvalue weighted by atomic mass is 15.3. The number of aryl methyl sites for hydroxylation is 1. The molecule has 0 radical (unpaired) electrons. The first-order valence-electron chi connectivity index (χ1n) is 8.55. The average molecular weight is 322 g/mol. The minimum atomic E-state index is 0.620. The summed E-state index contributed by atoms with van der Waals surface area (Å²) in [4.78, 5) is 16.1. The van der Waals surface area contributed by atoms with Gasteiger partial charge < -0.3 is 0 Å². The van der Waals surface area contributed by atoms with Gasteiger partial charge in [0.25, 0.3) is 0 Å². The number of piperidine rings is 1. The van der Waals surface area contributed by atoms with E-state index >= 15 is 0 Å². The molecule has 6 heteroatoms. The molecule has 0 spiro atoms. The quantitative estimate of drug-likeness (QED) is 0.738. The number of benzene rings is 1.